The van der Waals surface area contributed by atoms with Crippen LogP contribution in [0.15, 0.2) is 65.1 Å². The smallest absolute Gasteiger partial charge is 0.416 e. The standard InChI is InChI=1S/C22H11F6NO2/c23-21(24,25)16-9-15(10-17(11-16)22(26,27)28)20-8-6-18(31-20)5-7-19(30)14-3-1-13(12-29)2-4-14/h1-11H/b7-5-. The molecule has 0 atom stereocenters. The van der Waals surface area contributed by atoms with Gasteiger partial charge < -0.3 is 4.42 Å². The number of halogens is 6. The zero-order chi connectivity index (χ0) is 22.8. The number of alkyl halides is 6. The summed E-state index contributed by atoms with van der Waals surface area (Å²) in [5, 5.41) is 8.75. The molecule has 1 aromatic heterocycles. The highest BCUT2D eigenvalue weighted by Crippen LogP contribution is 2.39. The number of hydrogen-bond donors (Lipinski definition) is 0. The van der Waals surface area contributed by atoms with Gasteiger partial charge in [-0.3, -0.25) is 4.79 Å². The van der Waals surface area contributed by atoms with Crippen molar-refractivity contribution in [1.82, 2.24) is 0 Å². The van der Waals surface area contributed by atoms with Crippen LogP contribution in [-0.2, 0) is 12.4 Å². The molecule has 0 saturated carbocycles. The van der Waals surface area contributed by atoms with Crippen molar-refractivity contribution >= 4 is 11.9 Å². The van der Waals surface area contributed by atoms with Crippen molar-refractivity contribution in [1.29, 1.82) is 5.26 Å². The molecule has 31 heavy (non-hydrogen) atoms. The highest BCUT2D eigenvalue weighted by atomic mass is 19.4. The fourth-order valence-corrected chi connectivity index (χ4v) is 2.66. The third-order valence-electron chi connectivity index (χ3n) is 4.20. The first-order chi connectivity index (χ1) is 14.5. The van der Waals surface area contributed by atoms with Crippen LogP contribution in [0.3, 0.4) is 0 Å². The number of nitriles is 1. The molecule has 158 valence electrons. The Bertz CT molecular complexity index is 1150. The molecular formula is C22H11F6NO2. The minimum atomic E-state index is -4.97. The van der Waals surface area contributed by atoms with Crippen LogP contribution in [0, 0.1) is 11.3 Å². The molecule has 1 heterocycles. The lowest BCUT2D eigenvalue weighted by Gasteiger charge is -2.13. The molecule has 0 amide bonds. The fraction of sp³-hybridized carbons (Fsp3) is 0.0909. The van der Waals surface area contributed by atoms with Crippen molar-refractivity contribution in [2.75, 3.05) is 0 Å². The highest BCUT2D eigenvalue weighted by molar-refractivity contribution is 6.06. The summed E-state index contributed by atoms with van der Waals surface area (Å²) in [7, 11) is 0. The number of carbonyl (C=O) groups is 1. The summed E-state index contributed by atoms with van der Waals surface area (Å²) >= 11 is 0. The Labute approximate surface area is 171 Å². The van der Waals surface area contributed by atoms with Crippen molar-refractivity contribution in [3.8, 4) is 17.4 Å². The van der Waals surface area contributed by atoms with Crippen molar-refractivity contribution in [2.45, 2.75) is 12.4 Å². The van der Waals surface area contributed by atoms with E-state index in [-0.39, 0.29) is 23.2 Å². The second kappa shape index (κ2) is 8.14. The Kier molecular flexibility index (Phi) is 5.75. The fourth-order valence-electron chi connectivity index (χ4n) is 2.66. The maximum Gasteiger partial charge on any atom is 0.416 e. The third-order valence-corrected chi connectivity index (χ3v) is 4.20. The first kappa shape index (κ1) is 21.9. The summed E-state index contributed by atoms with van der Waals surface area (Å²) in [6.45, 7) is 0. The van der Waals surface area contributed by atoms with Crippen LogP contribution in [0.1, 0.15) is 32.8 Å². The van der Waals surface area contributed by atoms with Crippen LogP contribution in [0.5, 0.6) is 0 Å². The molecule has 0 unspecified atom stereocenters. The zero-order valence-electron chi connectivity index (χ0n) is 15.4. The van der Waals surface area contributed by atoms with E-state index >= 15 is 0 Å². The van der Waals surface area contributed by atoms with Gasteiger partial charge in [0.1, 0.15) is 11.5 Å². The molecule has 0 aliphatic carbocycles. The topological polar surface area (TPSA) is 54.0 Å². The molecule has 0 aliphatic rings. The van der Waals surface area contributed by atoms with Gasteiger partial charge in [-0.15, -0.1) is 0 Å². The van der Waals surface area contributed by atoms with Gasteiger partial charge in [-0.1, -0.05) is 0 Å². The largest absolute Gasteiger partial charge is 0.457 e. The van der Waals surface area contributed by atoms with Crippen molar-refractivity contribution in [2.24, 2.45) is 0 Å². The Morgan fingerprint density at radius 2 is 1.45 bits per heavy atom. The number of hydrogen-bond acceptors (Lipinski definition) is 3. The van der Waals surface area contributed by atoms with Crippen LogP contribution in [-0.4, -0.2) is 5.78 Å². The number of benzene rings is 2. The maximum absolute atomic E-state index is 13.0. The minimum absolute atomic E-state index is 0.0313. The van der Waals surface area contributed by atoms with Gasteiger partial charge in [-0.25, -0.2) is 0 Å². The summed E-state index contributed by atoms with van der Waals surface area (Å²) in [6, 6.07) is 11.4. The SMILES string of the molecule is N#Cc1ccc(C(=O)/C=C\c2ccc(-c3cc(C(F)(F)F)cc(C(F)(F)F)c3)o2)cc1. The Balaban J connectivity index is 1.88. The van der Waals surface area contributed by atoms with Crippen molar-refractivity contribution < 1.29 is 35.6 Å². The van der Waals surface area contributed by atoms with Gasteiger partial charge >= 0.3 is 12.4 Å². The molecule has 0 N–H and O–H groups in total. The number of nitrogens with zero attached hydrogens (tertiary/aromatic N) is 1. The highest BCUT2D eigenvalue weighted by Gasteiger charge is 2.37. The lowest BCUT2D eigenvalue weighted by atomic mass is 10.0. The lowest BCUT2D eigenvalue weighted by molar-refractivity contribution is -0.143. The third kappa shape index (κ3) is 5.22. The Hall–Kier alpha value is -3.80. The maximum atomic E-state index is 13.0. The summed E-state index contributed by atoms with van der Waals surface area (Å²) in [5.41, 5.74) is -2.66. The molecule has 3 rings (SSSR count). The number of rotatable bonds is 4. The van der Waals surface area contributed by atoms with E-state index in [1.165, 1.54) is 42.5 Å². The summed E-state index contributed by atoms with van der Waals surface area (Å²) in [4.78, 5) is 12.1. The Morgan fingerprint density at radius 1 is 0.871 bits per heavy atom. The van der Waals surface area contributed by atoms with Gasteiger partial charge in [0.25, 0.3) is 0 Å². The van der Waals surface area contributed by atoms with Gasteiger partial charge in [0.2, 0.25) is 0 Å². The average Bonchev–Trinajstić information content (AvgIpc) is 3.19. The van der Waals surface area contributed by atoms with Crippen molar-refractivity contribution in [3.05, 3.63) is 88.7 Å². The molecule has 0 bridgehead atoms. The van der Waals surface area contributed by atoms with E-state index in [4.69, 9.17) is 9.68 Å². The van der Waals surface area contributed by atoms with E-state index < -0.39 is 34.8 Å². The van der Waals surface area contributed by atoms with Crippen molar-refractivity contribution in [3.63, 3.8) is 0 Å². The molecule has 9 heteroatoms. The van der Waals surface area contributed by atoms with Crippen LogP contribution < -0.4 is 0 Å². The van der Waals surface area contributed by atoms with Crippen LogP contribution in [0.2, 0.25) is 0 Å². The second-order valence-electron chi connectivity index (χ2n) is 6.38. The van der Waals surface area contributed by atoms with E-state index in [1.807, 2.05) is 6.07 Å². The van der Waals surface area contributed by atoms with Gasteiger partial charge in [-0.2, -0.15) is 31.6 Å². The quantitative estimate of drug-likeness (QED) is 0.259. The monoisotopic (exact) mass is 435 g/mol. The first-order valence-electron chi connectivity index (χ1n) is 8.59. The molecule has 2 aromatic carbocycles. The number of furan rings is 1. The number of allylic oxidation sites excluding steroid dienone is 1. The molecule has 0 spiro atoms. The van der Waals surface area contributed by atoms with Gasteiger partial charge in [0, 0.05) is 11.1 Å². The minimum Gasteiger partial charge on any atom is -0.457 e. The van der Waals surface area contributed by atoms with Crippen LogP contribution >= 0.6 is 0 Å². The van der Waals surface area contributed by atoms with E-state index in [9.17, 15) is 31.1 Å². The molecule has 3 nitrogen and oxygen atoms in total. The van der Waals surface area contributed by atoms with Gasteiger partial charge in [-0.05, 0) is 66.7 Å². The van der Waals surface area contributed by atoms with E-state index in [1.54, 1.807) is 0 Å². The predicted molar refractivity (Wildman–Crippen MR) is 98.7 cm³/mol. The van der Waals surface area contributed by atoms with Crippen LogP contribution in [0.4, 0.5) is 26.3 Å². The number of carbonyl (C=O) groups excluding carboxylic acids is 1. The molecule has 0 radical (unpaired) electrons. The second-order valence-corrected chi connectivity index (χ2v) is 6.38. The zero-order valence-corrected chi connectivity index (χ0v) is 15.4. The lowest BCUT2D eigenvalue weighted by Crippen LogP contribution is -2.11. The summed E-state index contributed by atoms with van der Waals surface area (Å²) in [5.74, 6) is -0.592. The van der Waals surface area contributed by atoms with Gasteiger partial charge in [0.15, 0.2) is 5.78 Å². The summed E-state index contributed by atoms with van der Waals surface area (Å²) in [6.07, 6.45) is -7.57. The average molecular weight is 435 g/mol. The molecule has 3 aromatic rings. The Morgan fingerprint density at radius 3 is 1.97 bits per heavy atom. The number of ketones is 1. The van der Waals surface area contributed by atoms with E-state index in [2.05, 4.69) is 0 Å². The summed E-state index contributed by atoms with van der Waals surface area (Å²) < 4.78 is 83.4. The normalized spacial score (nSPS) is 12.2. The van der Waals surface area contributed by atoms with Crippen LogP contribution in [0.25, 0.3) is 17.4 Å². The van der Waals surface area contributed by atoms with Gasteiger partial charge in [0.05, 0.1) is 22.8 Å². The molecule has 0 saturated heterocycles. The predicted octanol–water partition coefficient (Wildman–Crippen LogP) is 6.75. The molecule has 0 aliphatic heterocycles. The van der Waals surface area contributed by atoms with E-state index in [0.29, 0.717) is 17.7 Å². The molecular weight excluding hydrogens is 424 g/mol. The van der Waals surface area contributed by atoms with E-state index in [0.717, 1.165) is 6.08 Å². The first-order valence-corrected chi connectivity index (χ1v) is 8.59. The molecule has 0 fully saturated rings.